The lowest BCUT2D eigenvalue weighted by Gasteiger charge is -2.45. The highest BCUT2D eigenvalue weighted by molar-refractivity contribution is 5.68. The molecular weight excluding hydrogens is 568 g/mol. The zero-order valence-electron chi connectivity index (χ0n) is 23.7. The largest absolute Gasteiger partial charge is 0.458 e. The molecule has 0 bridgehead atoms. The minimum atomic E-state index is -1.39. The SMILES string of the molecule is CC(=O)OC1C(N=[N+]=[N-])CC(N=[N+]=[N-])C(OC2OC(C(C)NC(=O)OCc3ccccc3)CCC2N=[N+]=[N-])C1OC(C)=O. The van der Waals surface area contributed by atoms with Gasteiger partial charge in [-0.3, -0.25) is 9.59 Å². The van der Waals surface area contributed by atoms with Crippen LogP contribution in [-0.2, 0) is 39.9 Å². The van der Waals surface area contributed by atoms with Crippen LogP contribution in [-0.4, -0.2) is 72.9 Å². The van der Waals surface area contributed by atoms with Gasteiger partial charge in [0, 0.05) is 28.6 Å². The van der Waals surface area contributed by atoms with E-state index in [0.29, 0.717) is 6.42 Å². The lowest BCUT2D eigenvalue weighted by molar-refractivity contribution is -0.260. The number of alkyl carbamates (subject to hydrolysis) is 1. The van der Waals surface area contributed by atoms with Gasteiger partial charge >= 0.3 is 18.0 Å². The fraction of sp³-hybridized carbons (Fsp3) is 0.640. The first-order valence-corrected chi connectivity index (χ1v) is 13.4. The second-order valence-electron chi connectivity index (χ2n) is 9.92. The van der Waals surface area contributed by atoms with E-state index in [-0.39, 0.29) is 19.4 Å². The van der Waals surface area contributed by atoms with Crippen LogP contribution in [0.5, 0.6) is 0 Å². The second-order valence-corrected chi connectivity index (χ2v) is 9.92. The van der Waals surface area contributed by atoms with Crippen LogP contribution >= 0.6 is 0 Å². The third-order valence-corrected chi connectivity index (χ3v) is 6.87. The van der Waals surface area contributed by atoms with E-state index >= 15 is 0 Å². The summed E-state index contributed by atoms with van der Waals surface area (Å²) in [5.41, 5.74) is 28.3. The Morgan fingerprint density at radius 3 is 2.09 bits per heavy atom. The maximum Gasteiger partial charge on any atom is 0.407 e. The van der Waals surface area contributed by atoms with Crippen molar-refractivity contribution in [3.05, 3.63) is 67.2 Å². The average molecular weight is 601 g/mol. The molecule has 0 spiro atoms. The number of nitrogens with zero attached hydrogens (tertiary/aromatic N) is 9. The van der Waals surface area contributed by atoms with Crippen LogP contribution in [0.25, 0.3) is 31.3 Å². The molecule has 43 heavy (non-hydrogen) atoms. The monoisotopic (exact) mass is 600 g/mol. The van der Waals surface area contributed by atoms with E-state index in [0.717, 1.165) is 19.4 Å². The fourth-order valence-corrected chi connectivity index (χ4v) is 5.00. The minimum Gasteiger partial charge on any atom is -0.458 e. The summed E-state index contributed by atoms with van der Waals surface area (Å²) in [5.74, 6) is -1.53. The van der Waals surface area contributed by atoms with E-state index in [1.165, 1.54) is 0 Å². The van der Waals surface area contributed by atoms with Gasteiger partial charge in [0.1, 0.15) is 18.8 Å². The van der Waals surface area contributed by atoms with Crippen molar-refractivity contribution in [3.8, 4) is 0 Å². The summed E-state index contributed by atoms with van der Waals surface area (Å²) in [6, 6.07) is 5.56. The molecule has 18 heteroatoms. The van der Waals surface area contributed by atoms with Crippen LogP contribution in [0, 0.1) is 0 Å². The van der Waals surface area contributed by atoms with Gasteiger partial charge < -0.3 is 29.0 Å². The molecule has 0 radical (unpaired) electrons. The van der Waals surface area contributed by atoms with Gasteiger partial charge in [-0.05, 0) is 48.3 Å². The molecule has 1 aliphatic carbocycles. The number of esters is 2. The molecule has 2 aliphatic rings. The normalized spacial score (nSPS) is 28.8. The van der Waals surface area contributed by atoms with Crippen molar-refractivity contribution in [2.45, 2.75) is 102 Å². The zero-order chi connectivity index (χ0) is 31.4. The molecule has 1 heterocycles. The summed E-state index contributed by atoms with van der Waals surface area (Å²) >= 11 is 0. The molecule has 1 aromatic rings. The Morgan fingerprint density at radius 1 is 0.907 bits per heavy atom. The molecule has 1 N–H and O–H groups in total. The van der Waals surface area contributed by atoms with Gasteiger partial charge in [-0.1, -0.05) is 45.7 Å². The summed E-state index contributed by atoms with van der Waals surface area (Å²) in [5, 5.41) is 13.9. The standard InChI is InChI=1S/C25H32N10O8/c1-13(29-25(38)39-12-16-7-5-4-6-8-16)20-10-9-17(30-33-26)24(42-20)43-22-19(32-35-28)11-18(31-34-27)21(40-14(2)36)23(22)41-15(3)37/h4-8,13,17-24H,9-12H2,1-3H3,(H,29,38). The van der Waals surface area contributed by atoms with Gasteiger partial charge in [-0.2, -0.15) is 0 Å². The molecule has 3 rings (SSSR count). The van der Waals surface area contributed by atoms with Crippen LogP contribution in [0.15, 0.2) is 45.7 Å². The van der Waals surface area contributed by atoms with Gasteiger partial charge in [0.15, 0.2) is 12.4 Å². The van der Waals surface area contributed by atoms with Crippen LogP contribution in [0.2, 0.25) is 0 Å². The molecule has 0 aromatic heterocycles. The molecule has 1 amide bonds. The Labute approximate surface area is 245 Å². The second kappa shape index (κ2) is 16.1. The van der Waals surface area contributed by atoms with E-state index in [9.17, 15) is 19.9 Å². The molecular formula is C25H32N10O8. The van der Waals surface area contributed by atoms with Gasteiger partial charge in [-0.25, -0.2) is 4.79 Å². The number of hydrogen-bond donors (Lipinski definition) is 1. The average Bonchev–Trinajstić information content (AvgIpc) is 2.96. The molecule has 9 atom stereocenters. The molecule has 1 aromatic carbocycles. The van der Waals surface area contributed by atoms with E-state index < -0.39 is 72.9 Å². The Bertz CT molecular complexity index is 1280. The molecule has 1 aliphatic heterocycles. The number of rotatable bonds is 11. The van der Waals surface area contributed by atoms with Crippen LogP contribution < -0.4 is 5.32 Å². The highest BCUT2D eigenvalue weighted by atomic mass is 16.7. The topological polar surface area (TPSA) is 256 Å². The van der Waals surface area contributed by atoms with Crippen molar-refractivity contribution in [3.63, 3.8) is 0 Å². The first-order chi connectivity index (χ1) is 20.7. The van der Waals surface area contributed by atoms with Crippen molar-refractivity contribution >= 4 is 18.0 Å². The van der Waals surface area contributed by atoms with Gasteiger partial charge in [0.2, 0.25) is 0 Å². The summed E-state index contributed by atoms with van der Waals surface area (Å²) in [7, 11) is 0. The number of benzene rings is 1. The smallest absolute Gasteiger partial charge is 0.407 e. The lowest BCUT2D eigenvalue weighted by atomic mass is 9.84. The van der Waals surface area contributed by atoms with E-state index in [1.54, 1.807) is 6.92 Å². The van der Waals surface area contributed by atoms with Crippen molar-refractivity contribution in [1.29, 1.82) is 0 Å². The number of azide groups is 3. The molecule has 18 nitrogen and oxygen atoms in total. The number of amides is 1. The minimum absolute atomic E-state index is 0.0654. The van der Waals surface area contributed by atoms with Gasteiger partial charge in [0.05, 0.1) is 30.3 Å². The summed E-state index contributed by atoms with van der Waals surface area (Å²) in [6.07, 6.45) is -5.97. The van der Waals surface area contributed by atoms with Crippen LogP contribution in [0.3, 0.4) is 0 Å². The van der Waals surface area contributed by atoms with E-state index in [1.807, 2.05) is 30.3 Å². The number of carbonyl (C=O) groups is 3. The Kier molecular flexibility index (Phi) is 12.2. The maximum atomic E-state index is 12.4. The highest BCUT2D eigenvalue weighted by Crippen LogP contribution is 2.35. The molecule has 2 fully saturated rings. The lowest BCUT2D eigenvalue weighted by Crippen LogP contribution is -2.60. The van der Waals surface area contributed by atoms with Crippen molar-refractivity contribution in [2.75, 3.05) is 0 Å². The number of ether oxygens (including phenoxy) is 5. The molecule has 9 unspecified atom stereocenters. The quantitative estimate of drug-likeness (QED) is 0.124. The summed E-state index contributed by atoms with van der Waals surface area (Å²) in [4.78, 5) is 45.0. The number of hydrogen-bond acceptors (Lipinski definition) is 11. The Morgan fingerprint density at radius 2 is 1.49 bits per heavy atom. The predicted octanol–water partition coefficient (Wildman–Crippen LogP) is 4.50. The first-order valence-electron chi connectivity index (χ1n) is 13.4. The van der Waals surface area contributed by atoms with Crippen LogP contribution in [0.4, 0.5) is 4.79 Å². The van der Waals surface area contributed by atoms with E-state index in [4.69, 9.17) is 34.7 Å². The molecule has 230 valence electrons. The van der Waals surface area contributed by atoms with Crippen molar-refractivity contribution < 1.29 is 38.1 Å². The highest BCUT2D eigenvalue weighted by Gasteiger charge is 2.51. The third-order valence-electron chi connectivity index (χ3n) is 6.87. The third kappa shape index (κ3) is 9.39. The molecule has 1 saturated carbocycles. The number of nitrogens with one attached hydrogen (secondary N) is 1. The van der Waals surface area contributed by atoms with E-state index in [2.05, 4.69) is 35.4 Å². The van der Waals surface area contributed by atoms with Crippen molar-refractivity contribution in [2.24, 2.45) is 15.3 Å². The maximum absolute atomic E-state index is 12.4. The Balaban J connectivity index is 1.82. The number of carbonyl (C=O) groups excluding carboxylic acids is 3. The molecule has 1 saturated heterocycles. The fourth-order valence-electron chi connectivity index (χ4n) is 5.00. The first kappa shape index (κ1) is 32.8. The van der Waals surface area contributed by atoms with Gasteiger partial charge in [-0.15, -0.1) is 0 Å². The predicted molar refractivity (Wildman–Crippen MR) is 147 cm³/mol. The van der Waals surface area contributed by atoms with Crippen molar-refractivity contribution in [1.82, 2.24) is 5.32 Å². The van der Waals surface area contributed by atoms with Crippen LogP contribution in [0.1, 0.15) is 45.6 Å². The summed E-state index contributed by atoms with van der Waals surface area (Å²) in [6.45, 7) is 4.00. The van der Waals surface area contributed by atoms with Gasteiger partial charge in [0.25, 0.3) is 0 Å². The Hall–Kier alpha value is -4.72. The zero-order valence-corrected chi connectivity index (χ0v) is 23.7. The summed E-state index contributed by atoms with van der Waals surface area (Å²) < 4.78 is 28.4.